The Hall–Kier alpha value is -3.75. The zero-order chi connectivity index (χ0) is 24.3. The molecule has 3 heterocycles. The average Bonchev–Trinajstić information content (AvgIpc) is 3.20. The van der Waals surface area contributed by atoms with Gasteiger partial charge in [-0.2, -0.15) is 13.2 Å². The number of ketones is 1. The molecule has 1 aromatic carbocycles. The molecule has 34 heavy (non-hydrogen) atoms. The van der Waals surface area contributed by atoms with E-state index in [9.17, 15) is 18.0 Å². The number of benzene rings is 1. The first-order valence-corrected chi connectivity index (χ1v) is 10.8. The van der Waals surface area contributed by atoms with E-state index in [-0.39, 0.29) is 12.5 Å². The summed E-state index contributed by atoms with van der Waals surface area (Å²) in [5, 5.41) is 0. The van der Waals surface area contributed by atoms with Crippen molar-refractivity contribution < 1.29 is 22.7 Å². The molecular weight excluding hydrogens is 445 g/mol. The number of rotatable bonds is 8. The van der Waals surface area contributed by atoms with Crippen LogP contribution in [0.3, 0.4) is 0 Å². The van der Waals surface area contributed by atoms with E-state index in [1.807, 2.05) is 42.6 Å². The molecule has 0 atom stereocenters. The van der Waals surface area contributed by atoms with Gasteiger partial charge in [-0.25, -0.2) is 15.0 Å². The summed E-state index contributed by atoms with van der Waals surface area (Å²) in [5.74, 6) is 0.646. The van der Waals surface area contributed by atoms with Gasteiger partial charge < -0.3 is 4.74 Å². The Bertz CT molecular complexity index is 1300. The normalized spacial score (nSPS) is 11.8. The zero-order valence-corrected chi connectivity index (χ0v) is 18.7. The van der Waals surface area contributed by atoms with Gasteiger partial charge in [-0.1, -0.05) is 0 Å². The van der Waals surface area contributed by atoms with Crippen molar-refractivity contribution in [2.75, 3.05) is 0 Å². The van der Waals surface area contributed by atoms with E-state index in [2.05, 4.69) is 15.0 Å². The summed E-state index contributed by atoms with van der Waals surface area (Å²) < 4.78 is 45.2. The molecule has 0 saturated carbocycles. The highest BCUT2D eigenvalue weighted by atomic mass is 19.4. The molecule has 0 aliphatic rings. The maximum absolute atomic E-state index is 12.5. The molecule has 0 spiro atoms. The average molecular weight is 468 g/mol. The Balaban J connectivity index is 1.67. The number of aromatic nitrogens is 4. The van der Waals surface area contributed by atoms with E-state index in [1.165, 1.54) is 0 Å². The molecule has 0 saturated heterocycles. The van der Waals surface area contributed by atoms with Crippen molar-refractivity contribution >= 4 is 11.4 Å². The third kappa shape index (κ3) is 5.78. The van der Waals surface area contributed by atoms with Crippen LogP contribution < -0.4 is 4.74 Å². The molecule has 9 heteroatoms. The van der Waals surface area contributed by atoms with Crippen molar-refractivity contribution in [2.45, 2.75) is 45.4 Å². The highest BCUT2D eigenvalue weighted by Gasteiger charge is 2.27. The number of ether oxygens (including phenoxy) is 1. The number of carbonyl (C=O) groups excluding carboxylic acids is 1. The molecule has 0 N–H and O–H groups in total. The predicted molar refractivity (Wildman–Crippen MR) is 121 cm³/mol. The fraction of sp³-hybridized carbons (Fsp3) is 0.280. The second kappa shape index (κ2) is 9.62. The van der Waals surface area contributed by atoms with Gasteiger partial charge in [0.25, 0.3) is 0 Å². The van der Waals surface area contributed by atoms with Crippen LogP contribution in [0.4, 0.5) is 13.2 Å². The molecule has 0 radical (unpaired) electrons. The van der Waals surface area contributed by atoms with Crippen LogP contribution in [-0.2, 0) is 11.2 Å². The summed E-state index contributed by atoms with van der Waals surface area (Å²) in [6, 6.07) is 10.8. The van der Waals surface area contributed by atoms with Crippen molar-refractivity contribution in [3.05, 3.63) is 66.7 Å². The number of fused-ring (bicyclic) bond motifs is 1. The maximum Gasteiger partial charge on any atom is 0.389 e. The van der Waals surface area contributed by atoms with Gasteiger partial charge >= 0.3 is 6.18 Å². The quantitative estimate of drug-likeness (QED) is 0.332. The molecule has 3 aromatic heterocycles. The Morgan fingerprint density at radius 2 is 1.82 bits per heavy atom. The fourth-order valence-electron chi connectivity index (χ4n) is 3.63. The third-order valence-electron chi connectivity index (χ3n) is 5.06. The Morgan fingerprint density at radius 3 is 2.53 bits per heavy atom. The summed E-state index contributed by atoms with van der Waals surface area (Å²) >= 11 is 0. The SMILES string of the molecule is CC(C)Oc1cc(CC(=O)CCC(F)(F)F)cc(-c2cnc3cc(-c4ncccn4)ccn23)c1. The van der Waals surface area contributed by atoms with Crippen molar-refractivity contribution in [2.24, 2.45) is 0 Å². The van der Waals surface area contributed by atoms with Crippen molar-refractivity contribution in [3.8, 4) is 28.4 Å². The molecule has 6 nitrogen and oxygen atoms in total. The van der Waals surface area contributed by atoms with Crippen LogP contribution in [0.2, 0.25) is 0 Å². The number of carbonyl (C=O) groups is 1. The second-order valence-corrected chi connectivity index (χ2v) is 8.22. The number of nitrogens with zero attached hydrogens (tertiary/aromatic N) is 4. The molecule has 0 aliphatic carbocycles. The van der Waals surface area contributed by atoms with E-state index in [0.717, 1.165) is 16.8 Å². The summed E-state index contributed by atoms with van der Waals surface area (Å²) in [6.45, 7) is 3.75. The van der Waals surface area contributed by atoms with Crippen molar-refractivity contribution in [1.82, 2.24) is 19.4 Å². The molecule has 0 fully saturated rings. The fourth-order valence-corrected chi connectivity index (χ4v) is 3.63. The second-order valence-electron chi connectivity index (χ2n) is 8.22. The molecule has 4 aromatic rings. The van der Waals surface area contributed by atoms with Crippen molar-refractivity contribution in [3.63, 3.8) is 0 Å². The largest absolute Gasteiger partial charge is 0.491 e. The van der Waals surface area contributed by atoms with Crippen LogP contribution in [0.15, 0.2) is 61.2 Å². The number of hydrogen-bond donors (Lipinski definition) is 0. The number of imidazole rings is 1. The lowest BCUT2D eigenvalue weighted by Gasteiger charge is -2.14. The van der Waals surface area contributed by atoms with Gasteiger partial charge in [0.2, 0.25) is 0 Å². The monoisotopic (exact) mass is 468 g/mol. The minimum absolute atomic E-state index is 0.107. The first-order valence-electron chi connectivity index (χ1n) is 10.8. The van der Waals surface area contributed by atoms with Crippen LogP contribution >= 0.6 is 0 Å². The van der Waals surface area contributed by atoms with Gasteiger partial charge in [0.15, 0.2) is 5.82 Å². The molecule has 176 valence electrons. The molecule has 0 bridgehead atoms. The Morgan fingerprint density at radius 1 is 1.06 bits per heavy atom. The number of alkyl halides is 3. The van der Waals surface area contributed by atoms with Gasteiger partial charge in [0.1, 0.15) is 17.2 Å². The smallest absolute Gasteiger partial charge is 0.389 e. The lowest BCUT2D eigenvalue weighted by Crippen LogP contribution is -2.12. The van der Waals surface area contributed by atoms with Crippen LogP contribution in [-0.4, -0.2) is 37.4 Å². The van der Waals surface area contributed by atoms with Gasteiger partial charge in [0, 0.05) is 42.6 Å². The number of hydrogen-bond acceptors (Lipinski definition) is 5. The van der Waals surface area contributed by atoms with E-state index >= 15 is 0 Å². The summed E-state index contributed by atoms with van der Waals surface area (Å²) in [4.78, 5) is 25.2. The molecule has 4 rings (SSSR count). The Labute approximate surface area is 194 Å². The van der Waals surface area contributed by atoms with E-state index < -0.39 is 24.8 Å². The van der Waals surface area contributed by atoms with E-state index in [0.29, 0.717) is 22.8 Å². The van der Waals surface area contributed by atoms with Crippen LogP contribution in [0.5, 0.6) is 5.75 Å². The number of halogens is 3. The Kier molecular flexibility index (Phi) is 6.63. The van der Waals surface area contributed by atoms with Gasteiger partial charge in [-0.3, -0.25) is 9.20 Å². The highest BCUT2D eigenvalue weighted by Crippen LogP contribution is 2.30. The summed E-state index contributed by atoms with van der Waals surface area (Å²) in [5.41, 5.74) is 3.59. The topological polar surface area (TPSA) is 69.4 Å². The molecular formula is C25H23F3N4O2. The highest BCUT2D eigenvalue weighted by molar-refractivity contribution is 5.81. The third-order valence-corrected chi connectivity index (χ3v) is 5.06. The molecule has 0 unspecified atom stereocenters. The standard InChI is InChI=1S/C25H23F3N4O2/c1-16(2)34-21-12-17(11-20(33)4-6-25(26,27)28)10-19(13-21)22-15-31-23-14-18(5-9-32(22)23)24-29-7-3-8-30-24/h3,5,7-10,12-16H,4,6,11H2,1-2H3. The van der Waals surface area contributed by atoms with Crippen molar-refractivity contribution in [1.29, 1.82) is 0 Å². The van der Waals surface area contributed by atoms with Gasteiger partial charge in [-0.15, -0.1) is 0 Å². The maximum atomic E-state index is 12.5. The van der Waals surface area contributed by atoms with Crippen LogP contribution in [0, 0.1) is 0 Å². The summed E-state index contributed by atoms with van der Waals surface area (Å²) in [6.07, 6.45) is 0.647. The zero-order valence-electron chi connectivity index (χ0n) is 18.7. The predicted octanol–water partition coefficient (Wildman–Crippen LogP) is 5.70. The lowest BCUT2D eigenvalue weighted by atomic mass is 10.0. The van der Waals surface area contributed by atoms with E-state index in [1.54, 1.807) is 36.8 Å². The van der Waals surface area contributed by atoms with Gasteiger partial charge in [0.05, 0.1) is 24.4 Å². The lowest BCUT2D eigenvalue weighted by molar-refractivity contribution is -0.143. The van der Waals surface area contributed by atoms with Gasteiger partial charge in [-0.05, 0) is 55.8 Å². The first-order chi connectivity index (χ1) is 16.2. The number of Topliss-reactive ketones (excluding diaryl/α,β-unsaturated/α-hetero) is 1. The van der Waals surface area contributed by atoms with Crippen LogP contribution in [0.1, 0.15) is 32.3 Å². The minimum Gasteiger partial charge on any atom is -0.491 e. The molecule has 0 aliphatic heterocycles. The minimum atomic E-state index is -4.36. The van der Waals surface area contributed by atoms with Crippen LogP contribution in [0.25, 0.3) is 28.3 Å². The summed E-state index contributed by atoms with van der Waals surface area (Å²) in [7, 11) is 0. The number of pyridine rings is 1. The molecule has 0 amide bonds. The van der Waals surface area contributed by atoms with E-state index in [4.69, 9.17) is 4.74 Å². The first kappa shape index (κ1) is 23.4.